The zero-order valence-electron chi connectivity index (χ0n) is 13.2. The number of carbonyl (C=O) groups excluding carboxylic acids is 2. The summed E-state index contributed by atoms with van der Waals surface area (Å²) in [4.78, 5) is 22.5. The van der Waals surface area contributed by atoms with Crippen LogP contribution in [0.25, 0.3) is 6.08 Å². The molecule has 2 rings (SSSR count). The van der Waals surface area contributed by atoms with Crippen molar-refractivity contribution in [2.75, 3.05) is 11.5 Å². The summed E-state index contributed by atoms with van der Waals surface area (Å²) in [6.45, 7) is 3.06. The Bertz CT molecular complexity index is 800. The van der Waals surface area contributed by atoms with Crippen LogP contribution in [0.2, 0.25) is 5.15 Å². The largest absolute Gasteiger partial charge is 0.449 e. The van der Waals surface area contributed by atoms with Crippen molar-refractivity contribution in [3.8, 4) is 0 Å². The van der Waals surface area contributed by atoms with Gasteiger partial charge >= 0.3 is 5.97 Å². The van der Waals surface area contributed by atoms with Gasteiger partial charge in [-0.25, -0.2) is 17.9 Å². The molecule has 1 aliphatic heterocycles. The predicted octanol–water partition coefficient (Wildman–Crippen LogP) is 0.635. The first-order chi connectivity index (χ1) is 11.1. The smallest absolute Gasteiger partial charge is 0.331 e. The molecule has 1 saturated heterocycles. The lowest BCUT2D eigenvalue weighted by atomic mass is 10.2. The van der Waals surface area contributed by atoms with Crippen LogP contribution in [0, 0.1) is 6.92 Å². The third-order valence-electron chi connectivity index (χ3n) is 3.70. The number of primary amides is 1. The standard InChI is InChI=1S/C14H18ClN3O5S/c1-8-11(3-4-12(19)23-9(2)14(16)20)13(15)18(17-8)10-5-6-24(21,22)7-10/h3-4,9-10H,5-7H2,1-2H3,(H2,16,20)/b4-3+/t9-,10-/m1/s1. The maximum absolute atomic E-state index is 11.6. The van der Waals surface area contributed by atoms with E-state index in [0.717, 1.165) is 6.08 Å². The summed E-state index contributed by atoms with van der Waals surface area (Å²) in [6, 6.07) is -0.315. The molecule has 10 heteroatoms. The van der Waals surface area contributed by atoms with Gasteiger partial charge in [0.1, 0.15) is 5.15 Å². The summed E-state index contributed by atoms with van der Waals surface area (Å²) in [5.74, 6) is -1.39. The minimum atomic E-state index is -3.07. The Morgan fingerprint density at radius 3 is 2.71 bits per heavy atom. The van der Waals surface area contributed by atoms with E-state index in [9.17, 15) is 18.0 Å². The Morgan fingerprint density at radius 1 is 1.50 bits per heavy atom. The average Bonchev–Trinajstić information content (AvgIpc) is 2.96. The number of rotatable bonds is 5. The molecule has 0 aliphatic carbocycles. The highest BCUT2D eigenvalue weighted by Crippen LogP contribution is 2.30. The molecule has 0 radical (unpaired) electrons. The van der Waals surface area contributed by atoms with Gasteiger partial charge in [-0.05, 0) is 26.3 Å². The van der Waals surface area contributed by atoms with E-state index in [4.69, 9.17) is 22.1 Å². The molecule has 2 heterocycles. The van der Waals surface area contributed by atoms with Gasteiger partial charge in [0.2, 0.25) is 0 Å². The van der Waals surface area contributed by atoms with Crippen LogP contribution in [-0.4, -0.2) is 47.7 Å². The summed E-state index contributed by atoms with van der Waals surface area (Å²) in [6.07, 6.45) is 1.95. The summed E-state index contributed by atoms with van der Waals surface area (Å²) < 4.78 is 29.5. The lowest BCUT2D eigenvalue weighted by molar-refractivity contribution is -0.148. The fourth-order valence-corrected chi connectivity index (χ4v) is 4.42. The Balaban J connectivity index is 2.16. The molecule has 2 atom stereocenters. The molecular weight excluding hydrogens is 358 g/mol. The number of sulfone groups is 1. The number of ether oxygens (including phenoxy) is 1. The molecule has 0 spiro atoms. The number of hydrogen-bond acceptors (Lipinski definition) is 6. The van der Waals surface area contributed by atoms with E-state index >= 15 is 0 Å². The van der Waals surface area contributed by atoms with Crippen LogP contribution in [0.15, 0.2) is 6.08 Å². The molecule has 0 aromatic carbocycles. The van der Waals surface area contributed by atoms with Crippen LogP contribution < -0.4 is 5.73 Å². The topological polar surface area (TPSA) is 121 Å². The quantitative estimate of drug-likeness (QED) is 0.595. The molecule has 1 aromatic heterocycles. The Kier molecular flexibility index (Phi) is 5.34. The van der Waals surface area contributed by atoms with Crippen molar-refractivity contribution in [1.82, 2.24) is 9.78 Å². The molecule has 0 bridgehead atoms. The van der Waals surface area contributed by atoms with Gasteiger partial charge in [-0.15, -0.1) is 0 Å². The number of amides is 1. The van der Waals surface area contributed by atoms with Gasteiger partial charge in [0.15, 0.2) is 15.9 Å². The van der Waals surface area contributed by atoms with Crippen molar-refractivity contribution in [2.24, 2.45) is 5.73 Å². The summed E-state index contributed by atoms with van der Waals surface area (Å²) in [7, 11) is -3.07. The van der Waals surface area contributed by atoms with Crippen molar-refractivity contribution in [2.45, 2.75) is 32.4 Å². The van der Waals surface area contributed by atoms with Crippen molar-refractivity contribution >= 4 is 39.4 Å². The first-order valence-electron chi connectivity index (χ1n) is 7.24. The number of nitrogens with two attached hydrogens (primary N) is 1. The number of halogens is 1. The summed E-state index contributed by atoms with van der Waals surface area (Å²) in [5, 5.41) is 4.52. The minimum absolute atomic E-state index is 0.00480. The van der Waals surface area contributed by atoms with Gasteiger partial charge in [-0.1, -0.05) is 11.6 Å². The van der Waals surface area contributed by atoms with Gasteiger partial charge in [-0.3, -0.25) is 4.79 Å². The zero-order valence-corrected chi connectivity index (χ0v) is 14.8. The van der Waals surface area contributed by atoms with Crippen LogP contribution in [0.5, 0.6) is 0 Å². The van der Waals surface area contributed by atoms with Gasteiger partial charge in [0, 0.05) is 11.6 Å². The molecule has 1 aromatic rings. The lowest BCUT2D eigenvalue weighted by Crippen LogP contribution is -2.29. The Morgan fingerprint density at radius 2 is 2.17 bits per heavy atom. The van der Waals surface area contributed by atoms with Crippen LogP contribution in [-0.2, 0) is 24.2 Å². The molecule has 0 unspecified atom stereocenters. The Hall–Kier alpha value is -1.87. The molecule has 1 amide bonds. The first kappa shape index (κ1) is 18.5. The highest BCUT2D eigenvalue weighted by molar-refractivity contribution is 7.91. The zero-order chi connectivity index (χ0) is 18.1. The van der Waals surface area contributed by atoms with Crippen LogP contribution in [0.3, 0.4) is 0 Å². The first-order valence-corrected chi connectivity index (χ1v) is 9.43. The van der Waals surface area contributed by atoms with E-state index in [1.807, 2.05) is 0 Å². The highest BCUT2D eigenvalue weighted by Gasteiger charge is 2.31. The van der Waals surface area contributed by atoms with Crippen LogP contribution >= 0.6 is 11.6 Å². The van der Waals surface area contributed by atoms with E-state index in [1.54, 1.807) is 6.92 Å². The number of aryl methyl sites for hydroxylation is 1. The van der Waals surface area contributed by atoms with Crippen molar-refractivity contribution < 1.29 is 22.7 Å². The number of esters is 1. The molecule has 2 N–H and O–H groups in total. The monoisotopic (exact) mass is 375 g/mol. The molecule has 1 fully saturated rings. The molecular formula is C14H18ClN3O5S. The molecule has 1 aliphatic rings. The summed E-state index contributed by atoms with van der Waals surface area (Å²) in [5.41, 5.74) is 6.05. The van der Waals surface area contributed by atoms with E-state index in [2.05, 4.69) is 5.10 Å². The van der Waals surface area contributed by atoms with E-state index in [-0.39, 0.29) is 22.7 Å². The minimum Gasteiger partial charge on any atom is -0.449 e. The molecule has 24 heavy (non-hydrogen) atoms. The average molecular weight is 376 g/mol. The van der Waals surface area contributed by atoms with Crippen molar-refractivity contribution in [1.29, 1.82) is 0 Å². The second-order valence-electron chi connectivity index (χ2n) is 5.61. The fraction of sp³-hybridized carbons (Fsp3) is 0.500. The Labute approximate surface area is 144 Å². The number of carbonyl (C=O) groups is 2. The predicted molar refractivity (Wildman–Crippen MR) is 88.1 cm³/mol. The fourth-order valence-electron chi connectivity index (χ4n) is 2.35. The lowest BCUT2D eigenvalue weighted by Gasteiger charge is -2.09. The number of aromatic nitrogens is 2. The van der Waals surface area contributed by atoms with E-state index < -0.39 is 27.8 Å². The number of hydrogen-bond donors (Lipinski definition) is 1. The maximum Gasteiger partial charge on any atom is 0.331 e. The van der Waals surface area contributed by atoms with Crippen LogP contribution in [0.4, 0.5) is 0 Å². The highest BCUT2D eigenvalue weighted by atomic mass is 35.5. The SMILES string of the molecule is Cc1nn([C@@H]2CCS(=O)(=O)C2)c(Cl)c1/C=C/C(=O)O[C@H](C)C(N)=O. The van der Waals surface area contributed by atoms with Crippen molar-refractivity contribution in [3.05, 3.63) is 22.5 Å². The van der Waals surface area contributed by atoms with Gasteiger partial charge in [0.25, 0.3) is 5.91 Å². The molecule has 8 nitrogen and oxygen atoms in total. The van der Waals surface area contributed by atoms with E-state index in [0.29, 0.717) is 17.7 Å². The molecule has 0 saturated carbocycles. The third-order valence-corrected chi connectivity index (χ3v) is 5.83. The van der Waals surface area contributed by atoms with Gasteiger partial charge in [0.05, 0.1) is 23.2 Å². The van der Waals surface area contributed by atoms with Crippen molar-refractivity contribution in [3.63, 3.8) is 0 Å². The maximum atomic E-state index is 11.6. The number of nitrogens with zero attached hydrogens (tertiary/aromatic N) is 2. The van der Waals surface area contributed by atoms with Gasteiger partial charge < -0.3 is 10.5 Å². The van der Waals surface area contributed by atoms with Gasteiger partial charge in [-0.2, -0.15) is 5.10 Å². The second-order valence-corrected chi connectivity index (χ2v) is 8.19. The van der Waals surface area contributed by atoms with Crippen LogP contribution in [0.1, 0.15) is 30.6 Å². The molecule has 132 valence electrons. The third kappa shape index (κ3) is 4.15. The normalized spacial score (nSPS) is 21.0. The second kappa shape index (κ2) is 6.94. The van der Waals surface area contributed by atoms with E-state index in [1.165, 1.54) is 17.7 Å². The summed E-state index contributed by atoms with van der Waals surface area (Å²) >= 11 is 6.27.